The molecule has 1 fully saturated rings. The molecule has 0 saturated carbocycles. The van der Waals surface area contributed by atoms with Gasteiger partial charge in [0.15, 0.2) is 0 Å². The number of rotatable bonds is 3. The standard InChI is InChI=1S/C13H18ClFN2O2S/c1-9-6-13(11(14)7-12(9)15)20(18,19)17(3)10-4-5-16(2)8-10/h6-7,10H,4-5,8H2,1-3H3. The summed E-state index contributed by atoms with van der Waals surface area (Å²) in [5.41, 5.74) is 0.268. The Balaban J connectivity index is 2.37. The molecule has 1 saturated heterocycles. The summed E-state index contributed by atoms with van der Waals surface area (Å²) in [4.78, 5) is 2.05. The van der Waals surface area contributed by atoms with Crippen molar-refractivity contribution >= 4 is 21.6 Å². The lowest BCUT2D eigenvalue weighted by atomic mass is 10.2. The van der Waals surface area contributed by atoms with Crippen LogP contribution in [0.25, 0.3) is 0 Å². The summed E-state index contributed by atoms with van der Waals surface area (Å²) in [5.74, 6) is -0.503. The van der Waals surface area contributed by atoms with E-state index < -0.39 is 15.8 Å². The molecule has 7 heteroatoms. The fourth-order valence-electron chi connectivity index (χ4n) is 2.39. The van der Waals surface area contributed by atoms with E-state index >= 15 is 0 Å². The molecule has 4 nitrogen and oxygen atoms in total. The van der Waals surface area contributed by atoms with Crippen molar-refractivity contribution < 1.29 is 12.8 Å². The minimum atomic E-state index is -3.71. The van der Waals surface area contributed by atoms with Crippen LogP contribution in [0.3, 0.4) is 0 Å². The molecule has 0 aromatic heterocycles. The van der Waals surface area contributed by atoms with E-state index in [4.69, 9.17) is 11.6 Å². The van der Waals surface area contributed by atoms with Gasteiger partial charge in [-0.15, -0.1) is 0 Å². The minimum absolute atomic E-state index is 0.0323. The summed E-state index contributed by atoms with van der Waals surface area (Å²) in [7, 11) is -0.204. The molecule has 1 aromatic carbocycles. The zero-order valence-electron chi connectivity index (χ0n) is 11.7. The SMILES string of the molecule is Cc1cc(S(=O)(=O)N(C)C2CCN(C)C2)c(Cl)cc1F. The van der Waals surface area contributed by atoms with Crippen molar-refractivity contribution in [3.05, 3.63) is 28.5 Å². The monoisotopic (exact) mass is 320 g/mol. The Morgan fingerprint density at radius 1 is 1.45 bits per heavy atom. The summed E-state index contributed by atoms with van der Waals surface area (Å²) in [6, 6.07) is 2.27. The first-order valence-electron chi connectivity index (χ1n) is 6.35. The van der Waals surface area contributed by atoms with Crippen LogP contribution in [0.4, 0.5) is 4.39 Å². The highest BCUT2D eigenvalue weighted by atomic mass is 35.5. The fraction of sp³-hybridized carbons (Fsp3) is 0.538. The zero-order valence-corrected chi connectivity index (χ0v) is 13.3. The first-order valence-corrected chi connectivity index (χ1v) is 8.17. The molecular weight excluding hydrogens is 303 g/mol. The second-order valence-corrected chi connectivity index (χ2v) is 7.63. The van der Waals surface area contributed by atoms with Gasteiger partial charge in [-0.1, -0.05) is 11.6 Å². The molecule has 112 valence electrons. The van der Waals surface area contributed by atoms with Gasteiger partial charge in [0.25, 0.3) is 0 Å². The van der Waals surface area contributed by atoms with Crippen LogP contribution in [-0.4, -0.2) is 50.8 Å². The third kappa shape index (κ3) is 2.83. The van der Waals surface area contributed by atoms with Crippen LogP contribution in [0.1, 0.15) is 12.0 Å². The van der Waals surface area contributed by atoms with Gasteiger partial charge in [0.2, 0.25) is 10.0 Å². The molecule has 2 rings (SSSR count). The molecule has 1 unspecified atom stereocenters. The van der Waals surface area contributed by atoms with Gasteiger partial charge in [0.05, 0.1) is 5.02 Å². The van der Waals surface area contributed by atoms with Gasteiger partial charge in [0.1, 0.15) is 10.7 Å². The largest absolute Gasteiger partial charge is 0.305 e. The third-order valence-corrected chi connectivity index (χ3v) is 6.13. The van der Waals surface area contributed by atoms with Crippen molar-refractivity contribution in [2.24, 2.45) is 0 Å². The number of hydrogen-bond acceptors (Lipinski definition) is 3. The van der Waals surface area contributed by atoms with Crippen LogP contribution in [0, 0.1) is 12.7 Å². The first kappa shape index (κ1) is 15.7. The molecule has 1 heterocycles. The molecule has 1 aliphatic rings. The smallest absolute Gasteiger partial charge is 0.244 e. The van der Waals surface area contributed by atoms with E-state index in [0.717, 1.165) is 19.0 Å². The zero-order chi connectivity index (χ0) is 15.1. The van der Waals surface area contributed by atoms with Crippen molar-refractivity contribution in [3.8, 4) is 0 Å². The van der Waals surface area contributed by atoms with Crippen molar-refractivity contribution in [1.29, 1.82) is 0 Å². The Morgan fingerprint density at radius 2 is 2.10 bits per heavy atom. The van der Waals surface area contributed by atoms with Gasteiger partial charge >= 0.3 is 0 Å². The van der Waals surface area contributed by atoms with Gasteiger partial charge in [-0.3, -0.25) is 0 Å². The predicted molar refractivity (Wildman–Crippen MR) is 77.0 cm³/mol. The van der Waals surface area contributed by atoms with Gasteiger partial charge in [-0.05, 0) is 44.6 Å². The number of sulfonamides is 1. The molecule has 0 N–H and O–H groups in total. The quantitative estimate of drug-likeness (QED) is 0.856. The maximum absolute atomic E-state index is 13.4. The lowest BCUT2D eigenvalue weighted by Crippen LogP contribution is -2.38. The van der Waals surface area contributed by atoms with Crippen LogP contribution < -0.4 is 0 Å². The average molecular weight is 321 g/mol. The molecular formula is C13H18ClFN2O2S. The van der Waals surface area contributed by atoms with Gasteiger partial charge in [-0.25, -0.2) is 12.8 Å². The summed E-state index contributed by atoms with van der Waals surface area (Å²) in [6.45, 7) is 3.07. The highest BCUT2D eigenvalue weighted by Crippen LogP contribution is 2.29. The van der Waals surface area contributed by atoms with Gasteiger partial charge in [0, 0.05) is 19.6 Å². The Labute approximate surface area is 124 Å². The van der Waals surface area contributed by atoms with Crippen LogP contribution in [-0.2, 0) is 10.0 Å². The number of hydrogen-bond donors (Lipinski definition) is 0. The average Bonchev–Trinajstić information content (AvgIpc) is 2.79. The van der Waals surface area contributed by atoms with E-state index in [9.17, 15) is 12.8 Å². The number of likely N-dealkylation sites (tertiary alicyclic amines) is 1. The minimum Gasteiger partial charge on any atom is -0.305 e. The molecule has 1 aliphatic heterocycles. The molecule has 0 radical (unpaired) electrons. The fourth-order valence-corrected chi connectivity index (χ4v) is 4.34. The number of aryl methyl sites for hydroxylation is 1. The number of nitrogens with zero attached hydrogens (tertiary/aromatic N) is 2. The number of likely N-dealkylation sites (N-methyl/N-ethyl adjacent to an activating group) is 2. The Kier molecular flexibility index (Phi) is 4.39. The molecule has 1 aromatic rings. The van der Waals surface area contributed by atoms with E-state index in [1.54, 1.807) is 7.05 Å². The van der Waals surface area contributed by atoms with E-state index in [0.29, 0.717) is 6.54 Å². The van der Waals surface area contributed by atoms with Crippen molar-refractivity contribution in [2.45, 2.75) is 24.3 Å². The van der Waals surface area contributed by atoms with E-state index in [1.165, 1.54) is 17.3 Å². The number of halogens is 2. The lowest BCUT2D eigenvalue weighted by Gasteiger charge is -2.24. The van der Waals surface area contributed by atoms with Crippen molar-refractivity contribution in [2.75, 3.05) is 27.2 Å². The maximum Gasteiger partial charge on any atom is 0.244 e. The molecule has 1 atom stereocenters. The maximum atomic E-state index is 13.4. The summed E-state index contributed by atoms with van der Waals surface area (Å²) in [5, 5.41) is -0.0775. The highest BCUT2D eigenvalue weighted by molar-refractivity contribution is 7.89. The molecule has 0 bridgehead atoms. The second-order valence-electron chi connectivity index (χ2n) is 5.26. The summed E-state index contributed by atoms with van der Waals surface area (Å²) < 4.78 is 40.0. The van der Waals surface area contributed by atoms with Crippen molar-refractivity contribution in [3.63, 3.8) is 0 Å². The van der Waals surface area contributed by atoms with Gasteiger partial charge in [-0.2, -0.15) is 4.31 Å². The number of benzene rings is 1. The first-order chi connectivity index (χ1) is 9.23. The lowest BCUT2D eigenvalue weighted by molar-refractivity contribution is 0.345. The Bertz CT molecular complexity index is 621. The highest BCUT2D eigenvalue weighted by Gasteiger charge is 2.33. The van der Waals surface area contributed by atoms with E-state index in [-0.39, 0.29) is 21.5 Å². The Hall–Kier alpha value is -0.690. The van der Waals surface area contributed by atoms with Crippen LogP contribution in [0.2, 0.25) is 5.02 Å². The van der Waals surface area contributed by atoms with Gasteiger partial charge < -0.3 is 4.90 Å². The normalized spacial score (nSPS) is 20.8. The third-order valence-electron chi connectivity index (χ3n) is 3.75. The predicted octanol–water partition coefficient (Wildman–Crippen LogP) is 2.11. The molecule has 20 heavy (non-hydrogen) atoms. The molecule has 0 amide bonds. The van der Waals surface area contributed by atoms with Crippen LogP contribution in [0.5, 0.6) is 0 Å². The van der Waals surface area contributed by atoms with E-state index in [1.807, 2.05) is 7.05 Å². The van der Waals surface area contributed by atoms with Crippen molar-refractivity contribution in [1.82, 2.24) is 9.21 Å². The van der Waals surface area contributed by atoms with Crippen LogP contribution >= 0.6 is 11.6 Å². The topological polar surface area (TPSA) is 40.6 Å². The van der Waals surface area contributed by atoms with Crippen LogP contribution in [0.15, 0.2) is 17.0 Å². The van der Waals surface area contributed by atoms with E-state index in [2.05, 4.69) is 4.90 Å². The summed E-state index contributed by atoms with van der Waals surface area (Å²) in [6.07, 6.45) is 0.782. The summed E-state index contributed by atoms with van der Waals surface area (Å²) >= 11 is 5.91. The molecule has 0 spiro atoms. The molecule has 0 aliphatic carbocycles. The Morgan fingerprint density at radius 3 is 2.65 bits per heavy atom. The second kappa shape index (κ2) is 5.60.